The summed E-state index contributed by atoms with van der Waals surface area (Å²) in [4.78, 5) is 0. The van der Waals surface area contributed by atoms with Gasteiger partial charge in [0.05, 0.1) is 10.7 Å². The number of nitrogens with zero attached hydrogens (tertiary/aromatic N) is 1. The maximum atomic E-state index is 12.6. The second kappa shape index (κ2) is 7.28. The van der Waals surface area contributed by atoms with Crippen LogP contribution in [0.5, 0.6) is 0 Å². The summed E-state index contributed by atoms with van der Waals surface area (Å²) in [6, 6.07) is 5.06. The van der Waals surface area contributed by atoms with Crippen LogP contribution in [0.4, 0.5) is 5.69 Å². The Morgan fingerprint density at radius 1 is 1.43 bits per heavy atom. The van der Waals surface area contributed by atoms with Crippen molar-refractivity contribution in [2.75, 3.05) is 24.9 Å². The zero-order valence-electron chi connectivity index (χ0n) is 11.8. The lowest BCUT2D eigenvalue weighted by Crippen LogP contribution is -2.49. The molecule has 0 amide bonds. The van der Waals surface area contributed by atoms with E-state index in [1.165, 1.54) is 4.31 Å². The van der Waals surface area contributed by atoms with Crippen LogP contribution >= 0.6 is 27.5 Å². The molecule has 1 atom stereocenters. The maximum absolute atomic E-state index is 12.6. The van der Waals surface area contributed by atoms with Crippen molar-refractivity contribution < 1.29 is 8.42 Å². The third kappa shape index (κ3) is 4.32. The number of hydrogen-bond donors (Lipinski definition) is 2. The van der Waals surface area contributed by atoms with Crippen molar-refractivity contribution in [3.63, 3.8) is 0 Å². The van der Waals surface area contributed by atoms with Gasteiger partial charge in [-0.25, -0.2) is 0 Å². The summed E-state index contributed by atoms with van der Waals surface area (Å²) in [6.45, 7) is 1.19. The first-order chi connectivity index (χ1) is 9.94. The smallest absolute Gasteiger partial charge is 0.301 e. The van der Waals surface area contributed by atoms with Gasteiger partial charge in [0.15, 0.2) is 0 Å². The van der Waals surface area contributed by atoms with Gasteiger partial charge >= 0.3 is 10.2 Å². The summed E-state index contributed by atoms with van der Waals surface area (Å²) < 4.78 is 30.1. The van der Waals surface area contributed by atoms with Gasteiger partial charge in [0.25, 0.3) is 0 Å². The molecule has 2 rings (SSSR count). The molecule has 1 fully saturated rings. The van der Waals surface area contributed by atoms with Gasteiger partial charge in [0, 0.05) is 23.6 Å². The normalized spacial score (nSPS) is 20.4. The molecule has 1 aromatic rings. The Bertz CT molecular complexity index is 595. The number of halogens is 2. The second-order valence-electron chi connectivity index (χ2n) is 5.05. The van der Waals surface area contributed by atoms with Crippen LogP contribution in [-0.2, 0) is 10.2 Å². The highest BCUT2D eigenvalue weighted by Gasteiger charge is 2.32. The monoisotopic (exact) mass is 395 g/mol. The lowest BCUT2D eigenvalue weighted by Gasteiger charge is -2.34. The second-order valence-corrected chi connectivity index (χ2v) is 8.00. The Labute approximate surface area is 139 Å². The van der Waals surface area contributed by atoms with Crippen LogP contribution in [0.1, 0.15) is 19.3 Å². The number of likely N-dealkylation sites (N-methyl/N-ethyl adjacent to an activating group) is 1. The van der Waals surface area contributed by atoms with E-state index in [0.717, 1.165) is 23.7 Å². The van der Waals surface area contributed by atoms with Crippen molar-refractivity contribution in [3.8, 4) is 0 Å². The van der Waals surface area contributed by atoms with Gasteiger partial charge in [-0.2, -0.15) is 12.7 Å². The first kappa shape index (κ1) is 17.0. The van der Waals surface area contributed by atoms with Gasteiger partial charge in [0.1, 0.15) is 0 Å². The Kier molecular flexibility index (Phi) is 5.90. The standard InChI is InChI=1S/C13H19BrClN3O2S/c1-16-9-11-4-2-3-7-18(11)21(19,20)17-13-6-5-10(14)8-12(13)15/h5-6,8,11,16-17H,2-4,7,9H2,1H3. The number of benzene rings is 1. The van der Waals surface area contributed by atoms with Crippen molar-refractivity contribution >= 4 is 43.4 Å². The van der Waals surface area contributed by atoms with E-state index in [1.807, 2.05) is 7.05 Å². The fraction of sp³-hybridized carbons (Fsp3) is 0.538. The van der Waals surface area contributed by atoms with Crippen LogP contribution in [0.15, 0.2) is 22.7 Å². The molecule has 1 aromatic carbocycles. The largest absolute Gasteiger partial charge is 0.318 e. The van der Waals surface area contributed by atoms with Crippen molar-refractivity contribution in [2.24, 2.45) is 0 Å². The van der Waals surface area contributed by atoms with E-state index in [1.54, 1.807) is 18.2 Å². The third-order valence-corrected chi connectivity index (χ3v) is 5.87. The summed E-state index contributed by atoms with van der Waals surface area (Å²) in [7, 11) is -1.77. The van der Waals surface area contributed by atoms with Crippen molar-refractivity contribution in [1.82, 2.24) is 9.62 Å². The zero-order chi connectivity index (χ0) is 15.5. The minimum absolute atomic E-state index is 0.0181. The molecule has 0 aromatic heterocycles. The highest BCUT2D eigenvalue weighted by atomic mass is 79.9. The van der Waals surface area contributed by atoms with Crippen LogP contribution in [-0.4, -0.2) is 38.9 Å². The van der Waals surface area contributed by atoms with Gasteiger partial charge in [-0.1, -0.05) is 34.0 Å². The van der Waals surface area contributed by atoms with Crippen molar-refractivity contribution in [1.29, 1.82) is 0 Å². The Morgan fingerprint density at radius 2 is 2.19 bits per heavy atom. The molecular weight excluding hydrogens is 378 g/mol. The van der Waals surface area contributed by atoms with Crippen molar-refractivity contribution in [3.05, 3.63) is 27.7 Å². The predicted molar refractivity (Wildman–Crippen MR) is 90.0 cm³/mol. The number of anilines is 1. The molecule has 1 saturated heterocycles. The molecule has 1 aliphatic rings. The lowest BCUT2D eigenvalue weighted by atomic mass is 10.1. The average Bonchev–Trinajstić information content (AvgIpc) is 2.43. The zero-order valence-corrected chi connectivity index (χ0v) is 14.9. The molecule has 1 aliphatic heterocycles. The summed E-state index contributed by atoms with van der Waals surface area (Å²) in [5.41, 5.74) is 0.397. The SMILES string of the molecule is CNCC1CCCCN1S(=O)(=O)Nc1ccc(Br)cc1Cl. The van der Waals surface area contributed by atoms with E-state index in [9.17, 15) is 8.42 Å². The quantitative estimate of drug-likeness (QED) is 0.804. The average molecular weight is 397 g/mol. The number of rotatable bonds is 5. The Morgan fingerprint density at radius 3 is 2.86 bits per heavy atom. The maximum Gasteiger partial charge on any atom is 0.301 e. The predicted octanol–water partition coefficient (Wildman–Crippen LogP) is 2.83. The van der Waals surface area contributed by atoms with Crippen LogP contribution in [0.3, 0.4) is 0 Å². The van der Waals surface area contributed by atoms with E-state index < -0.39 is 10.2 Å². The van der Waals surface area contributed by atoms with Crippen LogP contribution in [0.2, 0.25) is 5.02 Å². The van der Waals surface area contributed by atoms with E-state index in [-0.39, 0.29) is 6.04 Å². The Balaban J connectivity index is 2.20. The van der Waals surface area contributed by atoms with E-state index in [2.05, 4.69) is 26.0 Å². The summed E-state index contributed by atoms with van der Waals surface area (Å²) in [5, 5.41) is 3.43. The first-order valence-corrected chi connectivity index (χ1v) is 9.44. The van der Waals surface area contributed by atoms with Crippen molar-refractivity contribution in [2.45, 2.75) is 25.3 Å². The number of piperidine rings is 1. The van der Waals surface area contributed by atoms with E-state index >= 15 is 0 Å². The summed E-state index contributed by atoms with van der Waals surface area (Å²) in [5.74, 6) is 0. The molecule has 118 valence electrons. The fourth-order valence-corrected chi connectivity index (χ4v) is 4.79. The highest BCUT2D eigenvalue weighted by Crippen LogP contribution is 2.28. The molecule has 2 N–H and O–H groups in total. The van der Waals surface area contributed by atoms with Gasteiger partial charge < -0.3 is 5.32 Å². The molecule has 0 bridgehead atoms. The minimum Gasteiger partial charge on any atom is -0.318 e. The summed E-state index contributed by atoms with van der Waals surface area (Å²) in [6.07, 6.45) is 2.81. The van der Waals surface area contributed by atoms with Gasteiger partial charge in [-0.05, 0) is 38.1 Å². The number of hydrogen-bond acceptors (Lipinski definition) is 3. The molecule has 5 nitrogen and oxygen atoms in total. The first-order valence-electron chi connectivity index (χ1n) is 6.83. The summed E-state index contributed by atoms with van der Waals surface area (Å²) >= 11 is 9.39. The molecule has 8 heteroatoms. The lowest BCUT2D eigenvalue weighted by molar-refractivity contribution is 0.250. The van der Waals surface area contributed by atoms with Gasteiger partial charge in [-0.3, -0.25) is 4.72 Å². The number of nitrogens with one attached hydrogen (secondary N) is 2. The minimum atomic E-state index is -3.60. The molecular formula is C13H19BrClN3O2S. The topological polar surface area (TPSA) is 61.4 Å². The fourth-order valence-electron chi connectivity index (χ4n) is 2.50. The molecule has 21 heavy (non-hydrogen) atoms. The van der Waals surface area contributed by atoms with Crippen LogP contribution in [0.25, 0.3) is 0 Å². The molecule has 1 unspecified atom stereocenters. The molecule has 0 aliphatic carbocycles. The van der Waals surface area contributed by atoms with Gasteiger partial charge in [-0.15, -0.1) is 0 Å². The Hall–Kier alpha value is -0.340. The van der Waals surface area contributed by atoms with E-state index in [0.29, 0.717) is 23.8 Å². The third-order valence-electron chi connectivity index (χ3n) is 3.49. The molecule has 0 radical (unpaired) electrons. The molecule has 1 heterocycles. The highest BCUT2D eigenvalue weighted by molar-refractivity contribution is 9.10. The molecule has 0 saturated carbocycles. The molecule has 0 spiro atoms. The van der Waals surface area contributed by atoms with Crippen LogP contribution < -0.4 is 10.0 Å². The van der Waals surface area contributed by atoms with E-state index in [4.69, 9.17) is 11.6 Å². The van der Waals surface area contributed by atoms with Crippen LogP contribution in [0, 0.1) is 0 Å². The van der Waals surface area contributed by atoms with Gasteiger partial charge in [0.2, 0.25) is 0 Å².